The Bertz CT molecular complexity index is 1000. The highest BCUT2D eigenvalue weighted by atomic mass is 32.2. The molecule has 1 N–H and O–H groups in total. The molecule has 0 bridgehead atoms. The zero-order valence-corrected chi connectivity index (χ0v) is 18.1. The number of rotatable bonds is 8. The molecule has 0 aliphatic heterocycles. The Morgan fingerprint density at radius 1 is 1.07 bits per heavy atom. The zero-order chi connectivity index (χ0) is 21.5. The second kappa shape index (κ2) is 10.1. The molecule has 30 heavy (non-hydrogen) atoms. The van der Waals surface area contributed by atoms with Crippen molar-refractivity contribution in [3.8, 4) is 0 Å². The van der Waals surface area contributed by atoms with E-state index in [1.165, 1.54) is 16.7 Å². The molecule has 2 amide bonds. The number of aryl methyl sites for hydroxylation is 1. The lowest BCUT2D eigenvalue weighted by Gasteiger charge is -2.16. The first kappa shape index (κ1) is 21.6. The number of nitrogens with zero attached hydrogens (tertiary/aromatic N) is 4. The van der Waals surface area contributed by atoms with E-state index in [0.29, 0.717) is 17.3 Å². The molecule has 0 saturated heterocycles. The molecular weight excluding hydrogens is 398 g/mol. The smallest absolute Gasteiger partial charge is 0.243 e. The molecule has 0 atom stereocenters. The van der Waals surface area contributed by atoms with E-state index in [1.807, 2.05) is 73.1 Å². The van der Waals surface area contributed by atoms with E-state index in [1.54, 1.807) is 7.05 Å². The topological polar surface area (TPSA) is 80.1 Å². The number of nitrogens with one attached hydrogen (secondary N) is 1. The molecule has 3 rings (SSSR count). The Morgan fingerprint density at radius 3 is 2.47 bits per heavy atom. The number of likely N-dealkylation sites (N-methyl/N-ethyl adjacent to an activating group) is 1. The van der Waals surface area contributed by atoms with Crippen LogP contribution in [0.5, 0.6) is 0 Å². The Hall–Kier alpha value is -3.13. The highest BCUT2D eigenvalue weighted by molar-refractivity contribution is 7.99. The fourth-order valence-corrected chi connectivity index (χ4v) is 3.65. The molecule has 1 aromatic heterocycles. The number of carbonyl (C=O) groups excluding carboxylic acids is 2. The molecule has 2 aromatic carbocycles. The van der Waals surface area contributed by atoms with Crippen LogP contribution < -0.4 is 5.32 Å². The van der Waals surface area contributed by atoms with Crippen LogP contribution in [0.1, 0.15) is 17.0 Å². The van der Waals surface area contributed by atoms with Crippen LogP contribution in [0.25, 0.3) is 0 Å². The maximum atomic E-state index is 12.4. The minimum Gasteiger partial charge on any atom is -0.336 e. The first-order chi connectivity index (χ1) is 14.4. The second-order valence-electron chi connectivity index (χ2n) is 7.07. The van der Waals surface area contributed by atoms with Crippen molar-refractivity contribution in [2.45, 2.75) is 18.5 Å². The highest BCUT2D eigenvalue weighted by Crippen LogP contribution is 2.18. The van der Waals surface area contributed by atoms with Gasteiger partial charge in [0.1, 0.15) is 5.82 Å². The highest BCUT2D eigenvalue weighted by Gasteiger charge is 2.16. The van der Waals surface area contributed by atoms with Gasteiger partial charge in [0.05, 0.1) is 12.3 Å². The van der Waals surface area contributed by atoms with E-state index < -0.39 is 0 Å². The summed E-state index contributed by atoms with van der Waals surface area (Å²) in [7, 11) is 3.51. The number of amides is 2. The van der Waals surface area contributed by atoms with Gasteiger partial charge in [-0.15, -0.1) is 10.2 Å². The van der Waals surface area contributed by atoms with Gasteiger partial charge in [0.25, 0.3) is 0 Å². The predicted octanol–water partition coefficient (Wildman–Crippen LogP) is 2.90. The molecule has 156 valence electrons. The number of benzene rings is 2. The maximum Gasteiger partial charge on any atom is 0.243 e. The van der Waals surface area contributed by atoms with Crippen molar-refractivity contribution >= 4 is 29.3 Å². The minimum atomic E-state index is -0.233. The summed E-state index contributed by atoms with van der Waals surface area (Å²) < 4.78 is 1.90. The van der Waals surface area contributed by atoms with Crippen LogP contribution in [-0.4, -0.2) is 50.8 Å². The fourth-order valence-electron chi connectivity index (χ4n) is 2.78. The van der Waals surface area contributed by atoms with Crippen molar-refractivity contribution < 1.29 is 9.59 Å². The number of hydrogen-bond donors (Lipinski definition) is 1. The quantitative estimate of drug-likeness (QED) is 0.564. The lowest BCUT2D eigenvalue weighted by atomic mass is 10.1. The van der Waals surface area contributed by atoms with E-state index in [-0.39, 0.29) is 24.1 Å². The largest absolute Gasteiger partial charge is 0.336 e. The van der Waals surface area contributed by atoms with Crippen LogP contribution in [0, 0.1) is 6.92 Å². The van der Waals surface area contributed by atoms with E-state index in [0.717, 1.165) is 17.0 Å². The van der Waals surface area contributed by atoms with Crippen molar-refractivity contribution in [3.63, 3.8) is 0 Å². The number of thioether (sulfide) groups is 1. The van der Waals surface area contributed by atoms with Gasteiger partial charge in [-0.2, -0.15) is 0 Å². The molecule has 0 unspecified atom stereocenters. The van der Waals surface area contributed by atoms with Gasteiger partial charge in [-0.25, -0.2) is 0 Å². The summed E-state index contributed by atoms with van der Waals surface area (Å²) in [4.78, 5) is 26.0. The predicted molar refractivity (Wildman–Crippen MR) is 118 cm³/mol. The second-order valence-corrected chi connectivity index (χ2v) is 8.02. The molecule has 8 heteroatoms. The van der Waals surface area contributed by atoms with Crippen LogP contribution in [0.15, 0.2) is 59.8 Å². The molecule has 0 aliphatic carbocycles. The zero-order valence-electron chi connectivity index (χ0n) is 17.3. The van der Waals surface area contributed by atoms with Gasteiger partial charge in [0, 0.05) is 26.2 Å². The summed E-state index contributed by atoms with van der Waals surface area (Å²) in [5.74, 6) is 0.642. The lowest BCUT2D eigenvalue weighted by molar-refractivity contribution is -0.131. The van der Waals surface area contributed by atoms with Crippen LogP contribution in [0.3, 0.4) is 0 Å². The van der Waals surface area contributed by atoms with Gasteiger partial charge in [0.2, 0.25) is 11.8 Å². The van der Waals surface area contributed by atoms with Gasteiger partial charge >= 0.3 is 0 Å². The lowest BCUT2D eigenvalue weighted by Crippen LogP contribution is -2.36. The van der Waals surface area contributed by atoms with Gasteiger partial charge in [0.15, 0.2) is 5.16 Å². The number of hydrogen-bond acceptors (Lipinski definition) is 5. The Morgan fingerprint density at radius 2 is 1.77 bits per heavy atom. The fraction of sp³-hybridized carbons (Fsp3) is 0.273. The SMILES string of the molecule is Cc1ccc(NC(=O)CN(C)C(=O)CSc2nnc(Cc3ccccc3)n2C)cc1. The third-order valence-corrected chi connectivity index (χ3v) is 5.60. The van der Waals surface area contributed by atoms with Gasteiger partial charge in [-0.05, 0) is 24.6 Å². The van der Waals surface area contributed by atoms with Crippen LogP contribution in [0.2, 0.25) is 0 Å². The summed E-state index contributed by atoms with van der Waals surface area (Å²) in [6.45, 7) is 1.97. The normalized spacial score (nSPS) is 10.6. The molecular formula is C22H25N5O2S. The molecule has 7 nitrogen and oxygen atoms in total. The maximum absolute atomic E-state index is 12.4. The summed E-state index contributed by atoms with van der Waals surface area (Å²) in [6, 6.07) is 17.6. The van der Waals surface area contributed by atoms with Gasteiger partial charge in [-0.1, -0.05) is 59.8 Å². The van der Waals surface area contributed by atoms with Crippen molar-refractivity contribution in [3.05, 3.63) is 71.5 Å². The molecule has 3 aromatic rings. The molecule has 0 aliphatic rings. The summed E-state index contributed by atoms with van der Waals surface area (Å²) in [5, 5.41) is 11.9. The third-order valence-electron chi connectivity index (χ3n) is 4.60. The average Bonchev–Trinajstić information content (AvgIpc) is 3.08. The molecule has 0 radical (unpaired) electrons. The van der Waals surface area contributed by atoms with Crippen LogP contribution in [0.4, 0.5) is 5.69 Å². The Kier molecular flexibility index (Phi) is 7.24. The third kappa shape index (κ3) is 5.93. The monoisotopic (exact) mass is 423 g/mol. The van der Waals surface area contributed by atoms with Crippen molar-refractivity contribution in [1.29, 1.82) is 0 Å². The summed E-state index contributed by atoms with van der Waals surface area (Å²) in [5.41, 5.74) is 2.99. The van der Waals surface area contributed by atoms with Crippen LogP contribution in [-0.2, 0) is 23.1 Å². The average molecular weight is 424 g/mol. The summed E-state index contributed by atoms with van der Waals surface area (Å²) >= 11 is 1.31. The number of aromatic nitrogens is 3. The number of anilines is 1. The summed E-state index contributed by atoms with van der Waals surface area (Å²) in [6.07, 6.45) is 0.679. The van der Waals surface area contributed by atoms with Crippen molar-refractivity contribution in [2.75, 3.05) is 24.7 Å². The minimum absolute atomic E-state index is 0.00859. The van der Waals surface area contributed by atoms with Crippen molar-refractivity contribution in [2.24, 2.45) is 7.05 Å². The standard InChI is InChI=1S/C22H25N5O2S/c1-16-9-11-18(12-10-16)23-20(28)14-26(2)21(29)15-30-22-25-24-19(27(22)3)13-17-7-5-4-6-8-17/h4-12H,13-15H2,1-3H3,(H,23,28). The van der Waals surface area contributed by atoms with E-state index in [4.69, 9.17) is 0 Å². The van der Waals surface area contributed by atoms with Gasteiger partial charge < -0.3 is 14.8 Å². The van der Waals surface area contributed by atoms with E-state index >= 15 is 0 Å². The molecule has 0 saturated carbocycles. The first-order valence-corrected chi connectivity index (χ1v) is 10.6. The number of carbonyl (C=O) groups is 2. The Balaban J connectivity index is 1.48. The van der Waals surface area contributed by atoms with Crippen LogP contribution >= 0.6 is 11.8 Å². The molecule has 0 spiro atoms. The van der Waals surface area contributed by atoms with Gasteiger partial charge in [-0.3, -0.25) is 9.59 Å². The first-order valence-electron chi connectivity index (χ1n) is 9.58. The molecule has 1 heterocycles. The van der Waals surface area contributed by atoms with Crippen molar-refractivity contribution in [1.82, 2.24) is 19.7 Å². The molecule has 0 fully saturated rings. The van der Waals surface area contributed by atoms with E-state index in [9.17, 15) is 9.59 Å². The Labute approximate surface area is 180 Å². The van der Waals surface area contributed by atoms with E-state index in [2.05, 4.69) is 15.5 Å².